The minimum absolute atomic E-state index is 0.0598. The van der Waals surface area contributed by atoms with Crippen molar-refractivity contribution in [3.05, 3.63) is 58.6 Å². The quantitative estimate of drug-likeness (QED) is 0.682. The van der Waals surface area contributed by atoms with Crippen LogP contribution >= 0.6 is 15.9 Å². The second-order valence-corrected chi connectivity index (χ2v) is 4.31. The fraction of sp³-hybridized carbons (Fsp3) is 0. The smallest absolute Gasteiger partial charge is 0.343 e. The summed E-state index contributed by atoms with van der Waals surface area (Å²) in [4.78, 5) is 11.8. The molecule has 3 nitrogen and oxygen atoms in total. The third kappa shape index (κ3) is 3.07. The first-order chi connectivity index (χ1) is 8.15. The molecule has 0 atom stereocenters. The number of carbonyl (C=O) groups is 1. The highest BCUT2D eigenvalue weighted by Crippen LogP contribution is 2.19. The number of hydrogen-bond donors (Lipinski definition) is 1. The molecule has 0 aliphatic heterocycles. The number of halogens is 1. The van der Waals surface area contributed by atoms with Crippen molar-refractivity contribution < 1.29 is 14.6 Å². The fourth-order valence-electron chi connectivity index (χ4n) is 1.33. The second kappa shape index (κ2) is 5.01. The summed E-state index contributed by atoms with van der Waals surface area (Å²) in [5.74, 6) is -0.0867. The van der Waals surface area contributed by atoms with Crippen molar-refractivity contribution in [3.63, 3.8) is 0 Å². The van der Waals surface area contributed by atoms with Crippen molar-refractivity contribution in [2.24, 2.45) is 0 Å². The molecule has 0 radical (unpaired) electrons. The molecule has 0 bridgehead atoms. The van der Waals surface area contributed by atoms with E-state index in [1.54, 1.807) is 30.3 Å². The van der Waals surface area contributed by atoms with E-state index >= 15 is 0 Å². The maximum atomic E-state index is 11.8. The van der Waals surface area contributed by atoms with E-state index in [1.165, 1.54) is 12.1 Å². The van der Waals surface area contributed by atoms with Gasteiger partial charge in [0, 0.05) is 10.5 Å². The van der Waals surface area contributed by atoms with Crippen molar-refractivity contribution in [2.45, 2.75) is 0 Å². The van der Waals surface area contributed by atoms with Crippen LogP contribution in [0.15, 0.2) is 53.0 Å². The number of aromatic hydroxyl groups is 1. The van der Waals surface area contributed by atoms with Gasteiger partial charge in [-0.2, -0.15) is 0 Å². The fourth-order valence-corrected chi connectivity index (χ4v) is 1.73. The standard InChI is InChI=1S/C13H9BrO3/c14-10-4-1-3-9(7-10)13(16)17-12-6-2-5-11(15)8-12/h1-8,15H. The van der Waals surface area contributed by atoms with E-state index in [1.807, 2.05) is 6.07 Å². The summed E-state index contributed by atoms with van der Waals surface area (Å²) in [7, 11) is 0. The van der Waals surface area contributed by atoms with E-state index in [-0.39, 0.29) is 5.75 Å². The zero-order chi connectivity index (χ0) is 12.3. The summed E-state index contributed by atoms with van der Waals surface area (Å²) >= 11 is 3.28. The van der Waals surface area contributed by atoms with E-state index in [0.29, 0.717) is 11.3 Å². The number of benzene rings is 2. The van der Waals surface area contributed by atoms with E-state index in [4.69, 9.17) is 4.74 Å². The van der Waals surface area contributed by atoms with Gasteiger partial charge in [-0.05, 0) is 30.3 Å². The van der Waals surface area contributed by atoms with Gasteiger partial charge in [-0.3, -0.25) is 0 Å². The molecule has 0 aliphatic carbocycles. The SMILES string of the molecule is O=C(Oc1cccc(O)c1)c1cccc(Br)c1. The zero-order valence-corrected chi connectivity index (χ0v) is 10.3. The molecule has 0 aromatic heterocycles. The minimum Gasteiger partial charge on any atom is -0.508 e. The van der Waals surface area contributed by atoms with Gasteiger partial charge in [-0.25, -0.2) is 4.79 Å². The van der Waals surface area contributed by atoms with Gasteiger partial charge >= 0.3 is 5.97 Å². The molecular weight excluding hydrogens is 284 g/mol. The van der Waals surface area contributed by atoms with Crippen molar-refractivity contribution in [2.75, 3.05) is 0 Å². The molecule has 0 aliphatic rings. The van der Waals surface area contributed by atoms with Gasteiger partial charge in [0.25, 0.3) is 0 Å². The average molecular weight is 293 g/mol. The Hall–Kier alpha value is -1.81. The van der Waals surface area contributed by atoms with Crippen LogP contribution in [0.2, 0.25) is 0 Å². The molecule has 0 amide bonds. The number of ether oxygens (including phenoxy) is 1. The summed E-state index contributed by atoms with van der Waals surface area (Å²) in [6, 6.07) is 13.0. The molecule has 0 fully saturated rings. The highest BCUT2D eigenvalue weighted by molar-refractivity contribution is 9.10. The summed E-state index contributed by atoms with van der Waals surface area (Å²) < 4.78 is 5.92. The number of hydrogen-bond acceptors (Lipinski definition) is 3. The highest BCUT2D eigenvalue weighted by Gasteiger charge is 2.08. The molecular formula is C13H9BrO3. The van der Waals surface area contributed by atoms with Gasteiger partial charge < -0.3 is 9.84 Å². The normalized spacial score (nSPS) is 9.94. The Morgan fingerprint density at radius 1 is 1.12 bits per heavy atom. The van der Waals surface area contributed by atoms with Gasteiger partial charge in [0.05, 0.1) is 5.56 Å². The second-order valence-electron chi connectivity index (χ2n) is 3.40. The number of phenolic OH excluding ortho intramolecular Hbond substituents is 1. The first-order valence-electron chi connectivity index (χ1n) is 4.92. The molecule has 86 valence electrons. The average Bonchev–Trinajstić information content (AvgIpc) is 2.29. The predicted molar refractivity (Wildman–Crippen MR) is 67.2 cm³/mol. The van der Waals surface area contributed by atoms with Gasteiger partial charge in [0.1, 0.15) is 11.5 Å². The van der Waals surface area contributed by atoms with Crippen molar-refractivity contribution in [1.29, 1.82) is 0 Å². The highest BCUT2D eigenvalue weighted by atomic mass is 79.9. The summed E-state index contributed by atoms with van der Waals surface area (Å²) in [5.41, 5.74) is 0.447. The van der Waals surface area contributed by atoms with Crippen molar-refractivity contribution in [3.8, 4) is 11.5 Å². The Bertz CT molecular complexity index is 552. The van der Waals surface area contributed by atoms with Crippen LogP contribution in [-0.4, -0.2) is 11.1 Å². The van der Waals surface area contributed by atoms with Crippen LogP contribution in [0.4, 0.5) is 0 Å². The first kappa shape index (κ1) is 11.7. The lowest BCUT2D eigenvalue weighted by Gasteiger charge is -2.04. The van der Waals surface area contributed by atoms with Crippen LogP contribution in [0.1, 0.15) is 10.4 Å². The Morgan fingerprint density at radius 3 is 2.59 bits per heavy atom. The topological polar surface area (TPSA) is 46.5 Å². The Morgan fingerprint density at radius 2 is 1.88 bits per heavy atom. The molecule has 4 heteroatoms. The Kier molecular flexibility index (Phi) is 3.44. The third-order valence-corrected chi connectivity index (χ3v) is 2.58. The van der Waals surface area contributed by atoms with Gasteiger partial charge in [-0.1, -0.05) is 28.1 Å². The molecule has 0 saturated carbocycles. The largest absolute Gasteiger partial charge is 0.508 e. The molecule has 0 spiro atoms. The lowest BCUT2D eigenvalue weighted by molar-refractivity contribution is 0.0734. The number of esters is 1. The Labute approximate surface area is 107 Å². The maximum absolute atomic E-state index is 11.8. The lowest BCUT2D eigenvalue weighted by Crippen LogP contribution is -2.08. The van der Waals surface area contributed by atoms with Crippen LogP contribution in [0.3, 0.4) is 0 Å². The number of rotatable bonds is 2. The van der Waals surface area contributed by atoms with Gasteiger partial charge in [0.2, 0.25) is 0 Å². The van der Waals surface area contributed by atoms with E-state index in [9.17, 15) is 9.90 Å². The van der Waals surface area contributed by atoms with Gasteiger partial charge in [-0.15, -0.1) is 0 Å². The molecule has 0 heterocycles. The Balaban J connectivity index is 2.17. The molecule has 1 N–H and O–H groups in total. The number of carbonyl (C=O) groups excluding carboxylic acids is 1. The van der Waals surface area contributed by atoms with E-state index in [2.05, 4.69) is 15.9 Å². The molecule has 2 rings (SSSR count). The summed E-state index contributed by atoms with van der Waals surface area (Å²) in [5, 5.41) is 9.24. The van der Waals surface area contributed by atoms with E-state index < -0.39 is 5.97 Å². The van der Waals surface area contributed by atoms with Crippen LogP contribution in [0, 0.1) is 0 Å². The van der Waals surface area contributed by atoms with Crippen molar-refractivity contribution in [1.82, 2.24) is 0 Å². The molecule has 0 saturated heterocycles. The first-order valence-corrected chi connectivity index (χ1v) is 5.71. The van der Waals surface area contributed by atoms with Crippen LogP contribution in [0.25, 0.3) is 0 Å². The predicted octanol–water partition coefficient (Wildman–Crippen LogP) is 3.37. The molecule has 17 heavy (non-hydrogen) atoms. The summed E-state index contributed by atoms with van der Waals surface area (Å²) in [6.45, 7) is 0. The lowest BCUT2D eigenvalue weighted by atomic mass is 10.2. The van der Waals surface area contributed by atoms with E-state index in [0.717, 1.165) is 4.47 Å². The van der Waals surface area contributed by atoms with Crippen LogP contribution < -0.4 is 4.74 Å². The minimum atomic E-state index is -0.461. The monoisotopic (exact) mass is 292 g/mol. The molecule has 2 aromatic carbocycles. The van der Waals surface area contributed by atoms with Crippen LogP contribution in [0.5, 0.6) is 11.5 Å². The number of phenols is 1. The van der Waals surface area contributed by atoms with Crippen molar-refractivity contribution >= 4 is 21.9 Å². The maximum Gasteiger partial charge on any atom is 0.343 e. The summed E-state index contributed by atoms with van der Waals surface area (Å²) in [6.07, 6.45) is 0. The molecule has 2 aromatic rings. The molecule has 0 unspecified atom stereocenters. The van der Waals surface area contributed by atoms with Crippen LogP contribution in [-0.2, 0) is 0 Å². The zero-order valence-electron chi connectivity index (χ0n) is 8.76. The third-order valence-electron chi connectivity index (χ3n) is 2.09. The van der Waals surface area contributed by atoms with Gasteiger partial charge in [0.15, 0.2) is 0 Å².